The Morgan fingerprint density at radius 2 is 2.21 bits per heavy atom. The molecule has 0 saturated carbocycles. The number of hydrogen-bond acceptors (Lipinski definition) is 4. The van der Waals surface area contributed by atoms with E-state index in [1.165, 1.54) is 7.11 Å². The molecule has 1 unspecified atom stereocenters. The molecule has 1 heterocycles. The van der Waals surface area contributed by atoms with Crippen LogP contribution in [0.5, 0.6) is 0 Å². The highest BCUT2D eigenvalue weighted by atomic mass is 16.5. The van der Waals surface area contributed by atoms with E-state index in [-0.39, 0.29) is 18.7 Å². The van der Waals surface area contributed by atoms with Crippen LogP contribution in [0.4, 0.5) is 4.79 Å². The van der Waals surface area contributed by atoms with Crippen molar-refractivity contribution in [1.82, 2.24) is 4.90 Å². The molecule has 1 atom stereocenters. The summed E-state index contributed by atoms with van der Waals surface area (Å²) in [6.07, 6.45) is 1.41. The first-order valence-electron chi connectivity index (χ1n) is 4.88. The van der Waals surface area contributed by atoms with E-state index in [1.54, 1.807) is 4.90 Å². The molecule has 0 aliphatic carbocycles. The van der Waals surface area contributed by atoms with Gasteiger partial charge in [0.05, 0.1) is 13.7 Å². The number of carbonyl (C=O) groups excluding carboxylic acids is 1. The second-order valence-corrected chi connectivity index (χ2v) is 3.64. The summed E-state index contributed by atoms with van der Waals surface area (Å²) in [5, 5.41) is 8.88. The lowest BCUT2D eigenvalue weighted by molar-refractivity contribution is 0.0970. The first-order valence-corrected chi connectivity index (χ1v) is 4.88. The maximum absolute atomic E-state index is 11.1. The standard InChI is InChI=1S/C9H18N2O3/c1-14-9(13)11-4-2-7(3-5-11)8(10)6-12/h7-8,12H,2-6,10H2,1H3. The van der Waals surface area contributed by atoms with Crippen LogP contribution in [0.1, 0.15) is 12.8 Å². The van der Waals surface area contributed by atoms with Crippen LogP contribution in [0.15, 0.2) is 0 Å². The number of likely N-dealkylation sites (tertiary alicyclic amines) is 1. The predicted molar refractivity (Wildman–Crippen MR) is 51.8 cm³/mol. The number of rotatable bonds is 2. The minimum absolute atomic E-state index is 0.0168. The molecule has 1 aliphatic heterocycles. The molecule has 0 aromatic rings. The summed E-state index contributed by atoms with van der Waals surface area (Å²) in [7, 11) is 1.38. The Labute approximate surface area is 83.8 Å². The minimum Gasteiger partial charge on any atom is -0.453 e. The molecule has 1 rings (SSSR count). The summed E-state index contributed by atoms with van der Waals surface area (Å²) in [5.41, 5.74) is 5.72. The first-order chi connectivity index (χ1) is 6.69. The number of piperidine rings is 1. The van der Waals surface area contributed by atoms with Gasteiger partial charge < -0.3 is 20.5 Å². The van der Waals surface area contributed by atoms with Crippen LogP contribution in [0.3, 0.4) is 0 Å². The smallest absolute Gasteiger partial charge is 0.409 e. The SMILES string of the molecule is COC(=O)N1CCC(C(N)CO)CC1. The van der Waals surface area contributed by atoms with E-state index in [9.17, 15) is 4.79 Å². The number of ether oxygens (including phenoxy) is 1. The molecule has 3 N–H and O–H groups in total. The van der Waals surface area contributed by atoms with Gasteiger partial charge >= 0.3 is 6.09 Å². The van der Waals surface area contributed by atoms with Crippen LogP contribution in [0.25, 0.3) is 0 Å². The van der Waals surface area contributed by atoms with Gasteiger partial charge in [0.15, 0.2) is 0 Å². The molecule has 5 heteroatoms. The molecule has 5 nitrogen and oxygen atoms in total. The zero-order valence-electron chi connectivity index (χ0n) is 8.48. The van der Waals surface area contributed by atoms with Gasteiger partial charge in [-0.05, 0) is 18.8 Å². The first kappa shape index (κ1) is 11.3. The van der Waals surface area contributed by atoms with Gasteiger partial charge in [-0.1, -0.05) is 0 Å². The van der Waals surface area contributed by atoms with Crippen LogP contribution >= 0.6 is 0 Å². The van der Waals surface area contributed by atoms with Crippen LogP contribution < -0.4 is 5.73 Å². The number of methoxy groups -OCH3 is 1. The van der Waals surface area contributed by atoms with Crippen molar-refractivity contribution in [2.75, 3.05) is 26.8 Å². The number of nitrogens with zero attached hydrogens (tertiary/aromatic N) is 1. The van der Waals surface area contributed by atoms with Crippen LogP contribution in [0, 0.1) is 5.92 Å². The molecular formula is C9H18N2O3. The van der Waals surface area contributed by atoms with Gasteiger partial charge in [-0.3, -0.25) is 0 Å². The minimum atomic E-state index is -0.277. The van der Waals surface area contributed by atoms with E-state index in [0.717, 1.165) is 12.8 Å². The molecule has 1 aliphatic rings. The lowest BCUT2D eigenvalue weighted by Crippen LogP contribution is -2.44. The van der Waals surface area contributed by atoms with Crippen molar-refractivity contribution in [3.8, 4) is 0 Å². The second-order valence-electron chi connectivity index (χ2n) is 3.64. The average Bonchev–Trinajstić information content (AvgIpc) is 2.27. The normalized spacial score (nSPS) is 20.6. The zero-order valence-corrected chi connectivity index (χ0v) is 8.48. The monoisotopic (exact) mass is 202 g/mol. The van der Waals surface area contributed by atoms with Gasteiger partial charge in [0.1, 0.15) is 0 Å². The number of carbonyl (C=O) groups is 1. The molecule has 0 spiro atoms. The molecule has 0 bridgehead atoms. The Morgan fingerprint density at radius 3 is 2.64 bits per heavy atom. The highest BCUT2D eigenvalue weighted by Gasteiger charge is 2.26. The summed E-state index contributed by atoms with van der Waals surface area (Å²) in [4.78, 5) is 12.8. The molecule has 1 amide bonds. The lowest BCUT2D eigenvalue weighted by atomic mass is 9.90. The summed E-state index contributed by atoms with van der Waals surface area (Å²) in [6.45, 7) is 1.36. The van der Waals surface area contributed by atoms with Crippen LogP contribution in [-0.2, 0) is 4.74 Å². The fraction of sp³-hybridized carbons (Fsp3) is 0.889. The number of nitrogens with two attached hydrogens (primary N) is 1. The molecule has 14 heavy (non-hydrogen) atoms. The molecule has 1 fully saturated rings. The summed E-state index contributed by atoms with van der Waals surface area (Å²) in [5.74, 6) is 0.320. The Balaban J connectivity index is 2.34. The topological polar surface area (TPSA) is 75.8 Å². The van der Waals surface area contributed by atoms with Gasteiger partial charge in [-0.2, -0.15) is 0 Å². The Kier molecular flexibility index (Phi) is 4.16. The Bertz CT molecular complexity index is 190. The van der Waals surface area contributed by atoms with E-state index in [4.69, 9.17) is 10.8 Å². The number of amides is 1. The molecule has 82 valence electrons. The van der Waals surface area contributed by atoms with Crippen molar-refractivity contribution >= 4 is 6.09 Å². The quantitative estimate of drug-likeness (QED) is 0.649. The van der Waals surface area contributed by atoms with Crippen LogP contribution in [0.2, 0.25) is 0 Å². The lowest BCUT2D eigenvalue weighted by Gasteiger charge is -2.33. The van der Waals surface area contributed by atoms with Crippen molar-refractivity contribution in [1.29, 1.82) is 0 Å². The van der Waals surface area contributed by atoms with Crippen molar-refractivity contribution < 1.29 is 14.6 Å². The van der Waals surface area contributed by atoms with Gasteiger partial charge in [0.2, 0.25) is 0 Å². The molecule has 0 radical (unpaired) electrons. The highest BCUT2D eigenvalue weighted by Crippen LogP contribution is 2.19. The number of aliphatic hydroxyl groups is 1. The van der Waals surface area contributed by atoms with E-state index < -0.39 is 0 Å². The Morgan fingerprint density at radius 1 is 1.64 bits per heavy atom. The molecule has 0 aromatic heterocycles. The zero-order chi connectivity index (χ0) is 10.6. The van der Waals surface area contributed by atoms with E-state index in [1.807, 2.05) is 0 Å². The second kappa shape index (κ2) is 5.17. The van der Waals surface area contributed by atoms with Gasteiger partial charge in [0.25, 0.3) is 0 Å². The van der Waals surface area contributed by atoms with Crippen LogP contribution in [-0.4, -0.2) is 48.9 Å². The van der Waals surface area contributed by atoms with E-state index >= 15 is 0 Å². The average molecular weight is 202 g/mol. The van der Waals surface area contributed by atoms with Gasteiger partial charge in [0, 0.05) is 19.1 Å². The molecular weight excluding hydrogens is 184 g/mol. The maximum atomic E-state index is 11.1. The van der Waals surface area contributed by atoms with E-state index in [0.29, 0.717) is 19.0 Å². The largest absolute Gasteiger partial charge is 0.453 e. The van der Waals surface area contributed by atoms with Crippen molar-refractivity contribution in [3.05, 3.63) is 0 Å². The highest BCUT2D eigenvalue weighted by molar-refractivity contribution is 5.67. The fourth-order valence-corrected chi connectivity index (χ4v) is 1.79. The van der Waals surface area contributed by atoms with Crippen molar-refractivity contribution in [2.45, 2.75) is 18.9 Å². The predicted octanol–water partition coefficient (Wildman–Crippen LogP) is -0.216. The van der Waals surface area contributed by atoms with Crippen molar-refractivity contribution in [2.24, 2.45) is 11.7 Å². The van der Waals surface area contributed by atoms with Crippen molar-refractivity contribution in [3.63, 3.8) is 0 Å². The summed E-state index contributed by atoms with van der Waals surface area (Å²) < 4.78 is 4.62. The third-order valence-electron chi connectivity index (χ3n) is 2.79. The Hall–Kier alpha value is -0.810. The fourth-order valence-electron chi connectivity index (χ4n) is 1.79. The van der Waals surface area contributed by atoms with Gasteiger partial charge in [-0.25, -0.2) is 4.79 Å². The number of hydrogen-bond donors (Lipinski definition) is 2. The third-order valence-corrected chi connectivity index (χ3v) is 2.79. The van der Waals surface area contributed by atoms with Gasteiger partial charge in [-0.15, -0.1) is 0 Å². The summed E-state index contributed by atoms with van der Waals surface area (Å²) >= 11 is 0. The molecule has 0 aromatic carbocycles. The van der Waals surface area contributed by atoms with E-state index in [2.05, 4.69) is 4.74 Å². The maximum Gasteiger partial charge on any atom is 0.409 e. The molecule has 1 saturated heterocycles. The number of aliphatic hydroxyl groups excluding tert-OH is 1. The third kappa shape index (κ3) is 2.59. The summed E-state index contributed by atoms with van der Waals surface area (Å²) in [6, 6.07) is -0.158.